The highest BCUT2D eigenvalue weighted by Gasteiger charge is 2.12. The summed E-state index contributed by atoms with van der Waals surface area (Å²) in [6, 6.07) is 9.10. The second kappa shape index (κ2) is 8.11. The largest absolute Gasteiger partial charge is 0.480 e. The van der Waals surface area contributed by atoms with Crippen molar-refractivity contribution in [2.24, 2.45) is 0 Å². The first-order chi connectivity index (χ1) is 12.7. The van der Waals surface area contributed by atoms with Crippen LogP contribution in [0.25, 0.3) is 5.82 Å². The van der Waals surface area contributed by atoms with Gasteiger partial charge in [-0.25, -0.2) is 15.0 Å². The lowest BCUT2D eigenvalue weighted by Gasteiger charge is -2.11. The topological polar surface area (TPSA) is 94.0 Å². The maximum absolute atomic E-state index is 12.2. The van der Waals surface area contributed by atoms with E-state index in [-0.39, 0.29) is 5.91 Å². The van der Waals surface area contributed by atoms with E-state index in [1.165, 1.54) is 7.11 Å². The van der Waals surface area contributed by atoms with E-state index in [2.05, 4.69) is 25.6 Å². The smallest absolute Gasteiger partial charge is 0.256 e. The van der Waals surface area contributed by atoms with E-state index in [9.17, 15) is 4.79 Å². The van der Waals surface area contributed by atoms with Gasteiger partial charge in [-0.2, -0.15) is 0 Å². The summed E-state index contributed by atoms with van der Waals surface area (Å²) in [7, 11) is 1.49. The molecule has 1 amide bonds. The van der Waals surface area contributed by atoms with Crippen LogP contribution in [-0.2, 0) is 0 Å². The minimum absolute atomic E-state index is 0.233. The van der Waals surface area contributed by atoms with Crippen molar-refractivity contribution in [1.29, 1.82) is 0 Å². The highest BCUT2D eigenvalue weighted by molar-refractivity contribution is 5.96. The summed E-state index contributed by atoms with van der Waals surface area (Å²) in [5.41, 5.74) is 0.405. The average molecular weight is 352 g/mol. The Labute approximate surface area is 151 Å². The molecule has 0 aromatic carbocycles. The predicted molar refractivity (Wildman–Crippen MR) is 97.7 cm³/mol. The van der Waals surface area contributed by atoms with Gasteiger partial charge in [0.25, 0.3) is 5.91 Å². The Bertz CT molecular complexity index is 879. The molecule has 0 bridgehead atoms. The summed E-state index contributed by atoms with van der Waals surface area (Å²) in [6.07, 6.45) is 5.43. The van der Waals surface area contributed by atoms with Crippen molar-refractivity contribution in [3.05, 3.63) is 60.3 Å². The van der Waals surface area contributed by atoms with Gasteiger partial charge in [0.2, 0.25) is 5.88 Å². The summed E-state index contributed by atoms with van der Waals surface area (Å²) in [4.78, 5) is 25.0. The van der Waals surface area contributed by atoms with Gasteiger partial charge in [0.1, 0.15) is 23.0 Å². The third kappa shape index (κ3) is 4.15. The fourth-order valence-corrected chi connectivity index (χ4v) is 2.45. The number of nitrogens with zero attached hydrogens (tertiary/aromatic N) is 4. The maximum Gasteiger partial charge on any atom is 0.256 e. The molecule has 3 heterocycles. The van der Waals surface area contributed by atoms with Crippen LogP contribution < -0.4 is 15.4 Å². The molecule has 8 heteroatoms. The molecule has 0 saturated heterocycles. The first-order valence-corrected chi connectivity index (χ1v) is 8.17. The van der Waals surface area contributed by atoms with E-state index in [1.807, 2.05) is 42.1 Å². The zero-order valence-corrected chi connectivity index (χ0v) is 14.6. The van der Waals surface area contributed by atoms with E-state index < -0.39 is 0 Å². The molecule has 0 aliphatic carbocycles. The fraction of sp³-hybridized carbons (Fsp3) is 0.222. The molecule has 134 valence electrons. The number of aromatic nitrogens is 4. The van der Waals surface area contributed by atoms with Gasteiger partial charge in [0.05, 0.1) is 7.11 Å². The van der Waals surface area contributed by atoms with Crippen molar-refractivity contribution in [3.8, 4) is 11.7 Å². The molecule has 0 aliphatic rings. The third-order valence-corrected chi connectivity index (χ3v) is 3.62. The summed E-state index contributed by atoms with van der Waals surface area (Å²) >= 11 is 0. The normalized spacial score (nSPS) is 10.4. The second-order valence-corrected chi connectivity index (χ2v) is 5.49. The molecule has 3 aromatic heterocycles. The Morgan fingerprint density at radius 3 is 2.77 bits per heavy atom. The molecule has 0 unspecified atom stereocenters. The van der Waals surface area contributed by atoms with Gasteiger partial charge >= 0.3 is 0 Å². The van der Waals surface area contributed by atoms with Crippen LogP contribution in [0.1, 0.15) is 16.2 Å². The minimum atomic E-state index is -0.233. The maximum atomic E-state index is 12.2. The molecular weight excluding hydrogens is 332 g/mol. The number of ether oxygens (including phenoxy) is 1. The first kappa shape index (κ1) is 17.4. The number of rotatable bonds is 7. The Kier molecular flexibility index (Phi) is 5.43. The molecule has 8 nitrogen and oxygen atoms in total. The number of hydrogen-bond acceptors (Lipinski definition) is 6. The van der Waals surface area contributed by atoms with E-state index in [0.717, 1.165) is 5.82 Å². The second-order valence-electron chi connectivity index (χ2n) is 5.49. The Hall–Kier alpha value is -3.42. The summed E-state index contributed by atoms with van der Waals surface area (Å²) in [5, 5.41) is 6.03. The highest BCUT2D eigenvalue weighted by atomic mass is 16.5. The number of carbonyl (C=O) groups excluding carboxylic acids is 1. The van der Waals surface area contributed by atoms with Gasteiger partial charge in [-0.1, -0.05) is 0 Å². The fourth-order valence-electron chi connectivity index (χ4n) is 2.45. The number of amides is 1. The van der Waals surface area contributed by atoms with Crippen molar-refractivity contribution in [2.75, 3.05) is 25.5 Å². The number of hydrogen-bond donors (Lipinski definition) is 2. The minimum Gasteiger partial charge on any atom is -0.480 e. The van der Waals surface area contributed by atoms with Gasteiger partial charge in [-0.15, -0.1) is 0 Å². The molecule has 3 rings (SSSR count). The van der Waals surface area contributed by atoms with Crippen molar-refractivity contribution >= 4 is 11.7 Å². The molecular formula is C18H20N6O2. The summed E-state index contributed by atoms with van der Waals surface area (Å²) < 4.78 is 7.01. The first-order valence-electron chi connectivity index (χ1n) is 8.17. The van der Waals surface area contributed by atoms with Gasteiger partial charge in [-0.3, -0.25) is 4.79 Å². The molecule has 0 aliphatic heterocycles. The number of aryl methyl sites for hydroxylation is 1. The van der Waals surface area contributed by atoms with Crippen LogP contribution in [0.3, 0.4) is 0 Å². The van der Waals surface area contributed by atoms with E-state index in [1.54, 1.807) is 18.3 Å². The van der Waals surface area contributed by atoms with E-state index in [0.29, 0.717) is 36.2 Å². The van der Waals surface area contributed by atoms with Crippen LogP contribution in [0.5, 0.6) is 5.88 Å². The van der Waals surface area contributed by atoms with Crippen molar-refractivity contribution < 1.29 is 9.53 Å². The number of carbonyl (C=O) groups is 1. The Morgan fingerprint density at radius 2 is 2.00 bits per heavy atom. The molecule has 0 radical (unpaired) electrons. The molecule has 0 fully saturated rings. The van der Waals surface area contributed by atoms with E-state index >= 15 is 0 Å². The summed E-state index contributed by atoms with van der Waals surface area (Å²) in [5.74, 6) is 2.23. The number of methoxy groups -OCH3 is 1. The third-order valence-electron chi connectivity index (χ3n) is 3.62. The van der Waals surface area contributed by atoms with Gasteiger partial charge in [-0.05, 0) is 31.2 Å². The lowest BCUT2D eigenvalue weighted by Crippen LogP contribution is -2.29. The lowest BCUT2D eigenvalue weighted by atomic mass is 10.2. The van der Waals surface area contributed by atoms with Crippen LogP contribution in [-0.4, -0.2) is 45.6 Å². The Morgan fingerprint density at radius 1 is 1.19 bits per heavy atom. The van der Waals surface area contributed by atoms with Gasteiger partial charge < -0.3 is 19.9 Å². The van der Waals surface area contributed by atoms with E-state index in [4.69, 9.17) is 4.74 Å². The molecule has 26 heavy (non-hydrogen) atoms. The van der Waals surface area contributed by atoms with Crippen molar-refractivity contribution in [2.45, 2.75) is 6.92 Å². The monoisotopic (exact) mass is 352 g/mol. The molecule has 0 saturated carbocycles. The molecule has 0 spiro atoms. The molecule has 2 N–H and O–H groups in total. The zero-order chi connectivity index (χ0) is 18.4. The van der Waals surface area contributed by atoms with Crippen LogP contribution in [0.2, 0.25) is 0 Å². The lowest BCUT2D eigenvalue weighted by molar-refractivity contribution is 0.0951. The zero-order valence-electron chi connectivity index (χ0n) is 14.6. The SMILES string of the molecule is COc1ncccc1C(=O)NCCNc1cc(-n2cccc2)nc(C)n1. The molecule has 0 atom stereocenters. The van der Waals surface area contributed by atoms with Crippen molar-refractivity contribution in [3.63, 3.8) is 0 Å². The molecule has 3 aromatic rings. The van der Waals surface area contributed by atoms with Crippen molar-refractivity contribution in [1.82, 2.24) is 24.8 Å². The van der Waals surface area contributed by atoms with Crippen LogP contribution >= 0.6 is 0 Å². The number of anilines is 1. The number of nitrogens with one attached hydrogen (secondary N) is 2. The highest BCUT2D eigenvalue weighted by Crippen LogP contribution is 2.13. The van der Waals surface area contributed by atoms with Crippen LogP contribution in [0.4, 0.5) is 5.82 Å². The Balaban J connectivity index is 1.56. The average Bonchev–Trinajstić information content (AvgIpc) is 3.19. The standard InChI is InChI=1S/C18H20N6O2/c1-13-22-15(12-16(23-13)24-10-3-4-11-24)19-8-9-20-17(25)14-6-5-7-21-18(14)26-2/h3-7,10-12H,8-9H2,1-2H3,(H,20,25)(H,19,22,23). The number of pyridine rings is 1. The quantitative estimate of drug-likeness (QED) is 0.630. The summed E-state index contributed by atoms with van der Waals surface area (Å²) in [6.45, 7) is 2.79. The van der Waals surface area contributed by atoms with Crippen LogP contribution in [0, 0.1) is 6.92 Å². The van der Waals surface area contributed by atoms with Crippen LogP contribution in [0.15, 0.2) is 48.9 Å². The predicted octanol–water partition coefficient (Wildman–Crippen LogP) is 1.82. The van der Waals surface area contributed by atoms with Gasteiger partial charge in [0, 0.05) is 37.7 Å². The van der Waals surface area contributed by atoms with Gasteiger partial charge in [0.15, 0.2) is 0 Å².